The van der Waals surface area contributed by atoms with Crippen LogP contribution in [-0.4, -0.2) is 45.4 Å². The third kappa shape index (κ3) is 5.35. The van der Waals surface area contributed by atoms with Crippen molar-refractivity contribution in [1.29, 1.82) is 5.41 Å². The number of aliphatic hydroxyl groups is 1. The van der Waals surface area contributed by atoms with Gasteiger partial charge in [0.1, 0.15) is 5.75 Å². The van der Waals surface area contributed by atoms with Crippen molar-refractivity contribution in [3.63, 3.8) is 0 Å². The summed E-state index contributed by atoms with van der Waals surface area (Å²) in [6, 6.07) is 3.69. The first-order valence-electron chi connectivity index (χ1n) is 13.1. The van der Waals surface area contributed by atoms with Crippen LogP contribution in [-0.2, 0) is 10.8 Å². The van der Waals surface area contributed by atoms with E-state index in [-0.39, 0.29) is 34.8 Å². The van der Waals surface area contributed by atoms with E-state index in [1.807, 2.05) is 30.9 Å². The second-order valence-electron chi connectivity index (χ2n) is 12.9. The van der Waals surface area contributed by atoms with Gasteiger partial charge in [-0.3, -0.25) is 10.2 Å². The van der Waals surface area contributed by atoms with Crippen molar-refractivity contribution in [2.24, 2.45) is 17.8 Å². The SMILES string of the molecule is CCC(O)(CC)CC1CC2CN(CC(=O)c3cc(C(C)(C)C)c(O)c(C(C)(C)C)c3)C(=N)C2C1. The van der Waals surface area contributed by atoms with Gasteiger partial charge in [-0.05, 0) is 66.9 Å². The molecule has 3 atom stereocenters. The molecule has 0 amide bonds. The zero-order valence-corrected chi connectivity index (χ0v) is 22.6. The lowest BCUT2D eigenvalue weighted by Crippen LogP contribution is -2.34. The number of hydrogen-bond donors (Lipinski definition) is 3. The second-order valence-corrected chi connectivity index (χ2v) is 12.9. The number of rotatable bonds is 7. The van der Waals surface area contributed by atoms with Crippen molar-refractivity contribution >= 4 is 11.6 Å². The maximum Gasteiger partial charge on any atom is 0.182 e. The fraction of sp³-hybridized carbons (Fsp3) is 0.724. The number of phenols is 1. The fourth-order valence-corrected chi connectivity index (χ4v) is 5.99. The van der Waals surface area contributed by atoms with Crippen molar-refractivity contribution in [3.8, 4) is 5.75 Å². The van der Waals surface area contributed by atoms with Crippen molar-refractivity contribution in [2.45, 2.75) is 104 Å². The van der Waals surface area contributed by atoms with Gasteiger partial charge in [0.15, 0.2) is 5.78 Å². The molecule has 0 aromatic heterocycles. The molecular weight excluding hydrogens is 424 g/mol. The van der Waals surface area contributed by atoms with Crippen molar-refractivity contribution in [1.82, 2.24) is 4.90 Å². The molecule has 1 saturated carbocycles. The number of nitrogens with zero attached hydrogens (tertiary/aromatic N) is 1. The Labute approximate surface area is 206 Å². The molecule has 0 bridgehead atoms. The lowest BCUT2D eigenvalue weighted by Gasteiger charge is -2.29. The Morgan fingerprint density at radius 2 is 1.56 bits per heavy atom. The monoisotopic (exact) mass is 470 g/mol. The van der Waals surface area contributed by atoms with Gasteiger partial charge in [0.2, 0.25) is 0 Å². The van der Waals surface area contributed by atoms with E-state index in [2.05, 4.69) is 41.5 Å². The van der Waals surface area contributed by atoms with Gasteiger partial charge in [-0.15, -0.1) is 0 Å². The standard InChI is InChI=1S/C29H46N2O3/c1-9-29(34,10-2)15-18-11-20-16-31(26(30)21(20)12-18)17-24(32)19-13-22(27(3,4)5)25(33)23(14-19)28(6,7)8/h13-14,18,20-21,30,33-34H,9-12,15-17H2,1-8H3. The molecule has 1 aromatic carbocycles. The molecule has 190 valence electrons. The molecule has 1 heterocycles. The van der Waals surface area contributed by atoms with Crippen LogP contribution in [0.2, 0.25) is 0 Å². The van der Waals surface area contributed by atoms with E-state index in [9.17, 15) is 15.0 Å². The van der Waals surface area contributed by atoms with E-state index in [0.29, 0.717) is 23.2 Å². The minimum absolute atomic E-state index is 0.00335. The van der Waals surface area contributed by atoms with Crippen molar-refractivity contribution in [3.05, 3.63) is 28.8 Å². The van der Waals surface area contributed by atoms with E-state index >= 15 is 0 Å². The highest BCUT2D eigenvalue weighted by Crippen LogP contribution is 2.46. The molecule has 1 aliphatic carbocycles. The average molecular weight is 471 g/mol. The number of carbonyl (C=O) groups excluding carboxylic acids is 1. The molecule has 1 aromatic rings. The van der Waals surface area contributed by atoms with Crippen LogP contribution in [0.15, 0.2) is 12.1 Å². The summed E-state index contributed by atoms with van der Waals surface area (Å²) in [5.41, 5.74) is 1.04. The summed E-state index contributed by atoms with van der Waals surface area (Å²) >= 11 is 0. The molecular formula is C29H46N2O3. The molecule has 5 heteroatoms. The van der Waals surface area contributed by atoms with Crippen LogP contribution in [0.4, 0.5) is 0 Å². The number of phenolic OH excluding ortho intramolecular Hbond substituents is 1. The summed E-state index contributed by atoms with van der Waals surface area (Å²) in [6.07, 6.45) is 4.33. The fourth-order valence-electron chi connectivity index (χ4n) is 5.99. The molecule has 3 rings (SSSR count). The maximum absolute atomic E-state index is 13.4. The number of amidine groups is 1. The highest BCUT2D eigenvalue weighted by Gasteiger charge is 2.46. The summed E-state index contributed by atoms with van der Waals surface area (Å²) in [5.74, 6) is 1.93. The van der Waals surface area contributed by atoms with Gasteiger partial charge in [0.05, 0.1) is 18.0 Å². The Morgan fingerprint density at radius 1 is 1.03 bits per heavy atom. The first-order valence-corrected chi connectivity index (χ1v) is 13.1. The largest absolute Gasteiger partial charge is 0.507 e. The molecule has 2 fully saturated rings. The predicted octanol–water partition coefficient (Wildman–Crippen LogP) is 6.05. The first-order chi connectivity index (χ1) is 15.6. The average Bonchev–Trinajstić information content (AvgIpc) is 3.24. The van der Waals surface area contributed by atoms with Crippen LogP contribution in [0.5, 0.6) is 5.75 Å². The number of fused-ring (bicyclic) bond motifs is 1. The minimum atomic E-state index is -0.588. The van der Waals surface area contributed by atoms with Crippen LogP contribution in [0, 0.1) is 23.2 Å². The Balaban J connectivity index is 1.75. The van der Waals surface area contributed by atoms with Crippen molar-refractivity contribution in [2.75, 3.05) is 13.1 Å². The van der Waals surface area contributed by atoms with E-state index in [1.54, 1.807) is 0 Å². The zero-order valence-electron chi connectivity index (χ0n) is 22.6. The molecule has 2 aliphatic rings. The highest BCUT2D eigenvalue weighted by molar-refractivity contribution is 6.01. The molecule has 3 N–H and O–H groups in total. The lowest BCUT2D eigenvalue weighted by atomic mass is 9.78. The molecule has 34 heavy (non-hydrogen) atoms. The molecule has 0 spiro atoms. The smallest absolute Gasteiger partial charge is 0.182 e. The Hall–Kier alpha value is -1.88. The summed E-state index contributed by atoms with van der Waals surface area (Å²) < 4.78 is 0. The van der Waals surface area contributed by atoms with E-state index in [4.69, 9.17) is 5.41 Å². The van der Waals surface area contributed by atoms with Gasteiger partial charge in [0, 0.05) is 29.2 Å². The van der Waals surface area contributed by atoms with E-state index in [0.717, 1.165) is 49.8 Å². The predicted molar refractivity (Wildman–Crippen MR) is 139 cm³/mol. The molecule has 1 aliphatic heterocycles. The van der Waals surface area contributed by atoms with E-state index < -0.39 is 5.60 Å². The second kappa shape index (κ2) is 9.29. The van der Waals surface area contributed by atoms with Gasteiger partial charge >= 0.3 is 0 Å². The number of likely N-dealkylation sites (tertiary alicyclic amines) is 1. The van der Waals surface area contributed by atoms with Crippen LogP contribution < -0.4 is 0 Å². The third-order valence-electron chi connectivity index (χ3n) is 8.31. The number of ketones is 1. The summed E-state index contributed by atoms with van der Waals surface area (Å²) in [7, 11) is 0. The number of hydrogen-bond acceptors (Lipinski definition) is 4. The number of aromatic hydroxyl groups is 1. The summed E-state index contributed by atoms with van der Waals surface area (Å²) in [5, 5.41) is 30.5. The number of benzene rings is 1. The van der Waals surface area contributed by atoms with Gasteiger partial charge in [-0.25, -0.2) is 0 Å². The van der Waals surface area contributed by atoms with Gasteiger partial charge in [0.25, 0.3) is 0 Å². The summed E-state index contributed by atoms with van der Waals surface area (Å²) in [4.78, 5) is 15.4. The molecule has 0 radical (unpaired) electrons. The van der Waals surface area contributed by atoms with Crippen molar-refractivity contribution < 1.29 is 15.0 Å². The van der Waals surface area contributed by atoms with Crippen LogP contribution in [0.3, 0.4) is 0 Å². The highest BCUT2D eigenvalue weighted by atomic mass is 16.3. The van der Waals surface area contributed by atoms with Crippen LogP contribution >= 0.6 is 0 Å². The first kappa shape index (κ1) is 26.7. The maximum atomic E-state index is 13.4. The van der Waals surface area contributed by atoms with Gasteiger partial charge in [-0.1, -0.05) is 55.4 Å². The topological polar surface area (TPSA) is 84.6 Å². The Kier molecular flexibility index (Phi) is 7.30. The number of carbonyl (C=O) groups is 1. The molecule has 5 nitrogen and oxygen atoms in total. The Morgan fingerprint density at radius 3 is 2.00 bits per heavy atom. The number of nitrogens with one attached hydrogen (secondary N) is 1. The van der Waals surface area contributed by atoms with E-state index in [1.165, 1.54) is 0 Å². The summed E-state index contributed by atoms with van der Waals surface area (Å²) in [6.45, 7) is 17.4. The van der Waals surface area contributed by atoms with Crippen LogP contribution in [0.1, 0.15) is 109 Å². The quantitative estimate of drug-likeness (QED) is 0.424. The Bertz CT molecular complexity index is 899. The molecule has 1 saturated heterocycles. The molecule has 3 unspecified atom stereocenters. The van der Waals surface area contributed by atoms with Crippen LogP contribution in [0.25, 0.3) is 0 Å². The van der Waals surface area contributed by atoms with Gasteiger partial charge in [-0.2, -0.15) is 0 Å². The number of Topliss-reactive ketones (excluding diaryl/α,β-unsaturated/α-hetero) is 1. The minimum Gasteiger partial charge on any atom is -0.507 e. The normalized spacial score (nSPS) is 23.5. The van der Waals surface area contributed by atoms with Gasteiger partial charge < -0.3 is 15.1 Å². The lowest BCUT2D eigenvalue weighted by molar-refractivity contribution is 0.00776. The zero-order chi connectivity index (χ0) is 25.6. The third-order valence-corrected chi connectivity index (χ3v) is 8.31.